The van der Waals surface area contributed by atoms with E-state index in [4.69, 9.17) is 9.84 Å². The van der Waals surface area contributed by atoms with E-state index in [9.17, 15) is 14.4 Å². The molecule has 2 aliphatic rings. The van der Waals surface area contributed by atoms with Gasteiger partial charge in [0.25, 0.3) is 0 Å². The van der Waals surface area contributed by atoms with Crippen molar-refractivity contribution in [2.24, 2.45) is 11.8 Å². The minimum absolute atomic E-state index is 0.00358. The van der Waals surface area contributed by atoms with E-state index in [0.717, 1.165) is 12.8 Å². The van der Waals surface area contributed by atoms with Gasteiger partial charge in [0.1, 0.15) is 6.61 Å². The Morgan fingerprint density at radius 3 is 2.24 bits per heavy atom. The third-order valence-corrected chi connectivity index (χ3v) is 7.42. The van der Waals surface area contributed by atoms with Crippen LogP contribution in [0.25, 0.3) is 11.1 Å². The molecule has 4 rings (SSSR count). The fourth-order valence-electron chi connectivity index (χ4n) is 4.84. The number of ether oxygens (including phenoxy) is 1. The van der Waals surface area contributed by atoms with Gasteiger partial charge in [-0.3, -0.25) is 9.59 Å². The zero-order chi connectivity index (χ0) is 23.9. The van der Waals surface area contributed by atoms with Crippen molar-refractivity contribution in [2.45, 2.75) is 25.2 Å². The molecule has 3 N–H and O–H groups in total. The zero-order valence-electron chi connectivity index (χ0n) is 19.0. The van der Waals surface area contributed by atoms with E-state index >= 15 is 0 Å². The van der Waals surface area contributed by atoms with Crippen molar-refractivity contribution in [3.8, 4) is 11.1 Å². The molecular formula is C26H30N2O5S. The summed E-state index contributed by atoms with van der Waals surface area (Å²) in [6.45, 7) is 1.34. The second kappa shape index (κ2) is 11.4. The van der Waals surface area contributed by atoms with Crippen LogP contribution in [0, 0.1) is 11.8 Å². The second-order valence-corrected chi connectivity index (χ2v) is 10.0. The minimum atomic E-state index is -0.844. The lowest BCUT2D eigenvalue weighted by Gasteiger charge is -2.35. The van der Waals surface area contributed by atoms with Crippen LogP contribution in [-0.4, -0.2) is 54.3 Å². The number of hydrogen-bond donors (Lipinski definition) is 3. The minimum Gasteiger partial charge on any atom is -0.481 e. The quantitative estimate of drug-likeness (QED) is 0.420. The summed E-state index contributed by atoms with van der Waals surface area (Å²) < 4.78 is 5.58. The fraction of sp³-hybridized carbons (Fsp3) is 0.423. The van der Waals surface area contributed by atoms with Gasteiger partial charge in [0.05, 0.1) is 5.75 Å². The van der Waals surface area contributed by atoms with E-state index in [1.807, 2.05) is 24.3 Å². The molecule has 2 amide bonds. The number of rotatable bonds is 11. The van der Waals surface area contributed by atoms with Gasteiger partial charge in [-0.05, 0) is 46.9 Å². The van der Waals surface area contributed by atoms with Gasteiger partial charge in [-0.25, -0.2) is 4.79 Å². The Morgan fingerprint density at radius 2 is 1.59 bits per heavy atom. The Morgan fingerprint density at radius 1 is 0.941 bits per heavy atom. The molecule has 34 heavy (non-hydrogen) atoms. The van der Waals surface area contributed by atoms with Crippen LogP contribution >= 0.6 is 11.8 Å². The van der Waals surface area contributed by atoms with Crippen molar-refractivity contribution >= 4 is 29.7 Å². The molecule has 0 bridgehead atoms. The standard InChI is InChI=1S/C26H30N2O5S/c29-24(27-9-10-34-16-25(30)31)13-17-11-18(12-17)14-28-26(32)33-15-23-21-7-3-1-5-19(21)20-6-2-4-8-22(20)23/h1-8,17-18,23H,9-16H2,(H,27,29)(H,28,32)(H,30,31). The molecule has 180 valence electrons. The second-order valence-electron chi connectivity index (χ2n) is 8.91. The fourth-order valence-corrected chi connectivity index (χ4v) is 5.41. The smallest absolute Gasteiger partial charge is 0.407 e. The van der Waals surface area contributed by atoms with Gasteiger partial charge in [-0.2, -0.15) is 0 Å². The first kappa shape index (κ1) is 24.1. The average molecular weight is 483 g/mol. The molecule has 0 spiro atoms. The van der Waals surface area contributed by atoms with Crippen LogP contribution in [0.15, 0.2) is 48.5 Å². The molecule has 0 atom stereocenters. The number of carbonyl (C=O) groups is 3. The van der Waals surface area contributed by atoms with Crippen molar-refractivity contribution in [1.82, 2.24) is 10.6 Å². The summed E-state index contributed by atoms with van der Waals surface area (Å²) in [5, 5.41) is 14.3. The summed E-state index contributed by atoms with van der Waals surface area (Å²) in [4.78, 5) is 34.7. The molecule has 0 aliphatic heterocycles. The number of nitrogens with one attached hydrogen (secondary N) is 2. The summed E-state index contributed by atoms with van der Waals surface area (Å²) >= 11 is 1.29. The number of carbonyl (C=O) groups excluding carboxylic acids is 2. The van der Waals surface area contributed by atoms with Crippen LogP contribution in [0.5, 0.6) is 0 Å². The molecule has 2 aliphatic carbocycles. The van der Waals surface area contributed by atoms with Crippen molar-refractivity contribution in [2.75, 3.05) is 31.2 Å². The normalized spacial score (nSPS) is 18.4. The number of benzene rings is 2. The van der Waals surface area contributed by atoms with Gasteiger partial charge in [-0.15, -0.1) is 11.8 Å². The number of thioether (sulfide) groups is 1. The van der Waals surface area contributed by atoms with Gasteiger partial charge in [-0.1, -0.05) is 48.5 Å². The number of aliphatic carboxylic acids is 1. The van der Waals surface area contributed by atoms with Crippen molar-refractivity contribution < 1.29 is 24.2 Å². The zero-order valence-corrected chi connectivity index (χ0v) is 19.8. The maximum absolute atomic E-state index is 12.3. The van der Waals surface area contributed by atoms with Crippen LogP contribution in [0.1, 0.15) is 36.3 Å². The van der Waals surface area contributed by atoms with Gasteiger partial charge < -0.3 is 20.5 Å². The van der Waals surface area contributed by atoms with Gasteiger partial charge >= 0.3 is 12.1 Å². The molecule has 0 heterocycles. The molecule has 7 nitrogen and oxygen atoms in total. The Hall–Kier alpha value is -3.00. The number of hydrogen-bond acceptors (Lipinski definition) is 5. The summed E-state index contributed by atoms with van der Waals surface area (Å²) in [5.41, 5.74) is 4.79. The van der Waals surface area contributed by atoms with Crippen molar-refractivity contribution in [3.63, 3.8) is 0 Å². The average Bonchev–Trinajstić information content (AvgIpc) is 3.12. The first-order valence-electron chi connectivity index (χ1n) is 11.7. The Labute approximate surface area is 203 Å². The van der Waals surface area contributed by atoms with Gasteiger partial charge in [0, 0.05) is 31.2 Å². The van der Waals surface area contributed by atoms with Crippen LogP contribution < -0.4 is 10.6 Å². The van der Waals surface area contributed by atoms with Gasteiger partial charge in [0.15, 0.2) is 0 Å². The van der Waals surface area contributed by atoms with Crippen molar-refractivity contribution in [1.29, 1.82) is 0 Å². The molecule has 0 aromatic heterocycles. The van der Waals surface area contributed by atoms with Crippen LogP contribution in [0.3, 0.4) is 0 Å². The Bertz CT molecular complexity index is 992. The van der Waals surface area contributed by atoms with Crippen LogP contribution in [0.4, 0.5) is 4.79 Å². The topological polar surface area (TPSA) is 105 Å². The van der Waals surface area contributed by atoms with Crippen molar-refractivity contribution in [3.05, 3.63) is 59.7 Å². The lowest BCUT2D eigenvalue weighted by Crippen LogP contribution is -2.38. The highest BCUT2D eigenvalue weighted by Gasteiger charge is 2.32. The first-order valence-corrected chi connectivity index (χ1v) is 12.8. The Kier molecular flexibility index (Phi) is 8.11. The molecule has 1 fully saturated rings. The Balaban J connectivity index is 1.12. The third-order valence-electron chi connectivity index (χ3n) is 6.48. The number of fused-ring (bicyclic) bond motifs is 3. The molecule has 1 saturated carbocycles. The molecule has 8 heteroatoms. The lowest BCUT2D eigenvalue weighted by molar-refractivity contribution is -0.134. The van der Waals surface area contributed by atoms with E-state index in [1.165, 1.54) is 34.0 Å². The van der Waals surface area contributed by atoms with Gasteiger partial charge in [0.2, 0.25) is 5.91 Å². The maximum Gasteiger partial charge on any atom is 0.407 e. The molecule has 0 unspecified atom stereocenters. The van der Waals surface area contributed by atoms with Crippen LogP contribution in [-0.2, 0) is 14.3 Å². The van der Waals surface area contributed by atoms with E-state index in [-0.39, 0.29) is 17.6 Å². The predicted molar refractivity (Wildman–Crippen MR) is 132 cm³/mol. The summed E-state index contributed by atoms with van der Waals surface area (Å²) in [7, 11) is 0. The summed E-state index contributed by atoms with van der Waals surface area (Å²) in [5.74, 6) is 0.553. The number of carboxylic acid groups (broad SMARTS) is 1. The number of carboxylic acids is 1. The first-order chi connectivity index (χ1) is 16.5. The highest BCUT2D eigenvalue weighted by Crippen LogP contribution is 2.44. The highest BCUT2D eigenvalue weighted by atomic mass is 32.2. The van der Waals surface area contributed by atoms with E-state index in [2.05, 4.69) is 34.9 Å². The van der Waals surface area contributed by atoms with E-state index in [0.29, 0.717) is 43.7 Å². The monoisotopic (exact) mass is 482 g/mol. The predicted octanol–water partition coefficient (Wildman–Crippen LogP) is 3.88. The van der Waals surface area contributed by atoms with E-state index in [1.54, 1.807) is 0 Å². The number of alkyl carbamates (subject to hydrolysis) is 1. The molecular weight excluding hydrogens is 452 g/mol. The summed E-state index contributed by atoms with van der Waals surface area (Å²) in [6, 6.07) is 16.5. The molecule has 2 aromatic carbocycles. The molecule has 2 aromatic rings. The van der Waals surface area contributed by atoms with Crippen LogP contribution in [0.2, 0.25) is 0 Å². The molecule has 0 radical (unpaired) electrons. The molecule has 0 saturated heterocycles. The highest BCUT2D eigenvalue weighted by molar-refractivity contribution is 7.99. The third kappa shape index (κ3) is 6.11. The lowest BCUT2D eigenvalue weighted by atomic mass is 9.73. The SMILES string of the molecule is O=C(O)CSCCNC(=O)CC1CC(CNC(=O)OCC2c3ccccc3-c3ccccc32)C1. The largest absolute Gasteiger partial charge is 0.481 e. The number of amides is 2. The van der Waals surface area contributed by atoms with E-state index < -0.39 is 12.1 Å². The maximum atomic E-state index is 12.3. The summed E-state index contributed by atoms with van der Waals surface area (Å²) in [6.07, 6.45) is 1.89.